The number of amides is 1. The molecule has 0 aliphatic carbocycles. The van der Waals surface area contributed by atoms with Gasteiger partial charge in [0.1, 0.15) is 11.8 Å². The van der Waals surface area contributed by atoms with Crippen molar-refractivity contribution in [2.75, 3.05) is 13.7 Å². The van der Waals surface area contributed by atoms with Gasteiger partial charge in [0.05, 0.1) is 18.7 Å². The van der Waals surface area contributed by atoms with Crippen molar-refractivity contribution < 1.29 is 19.1 Å². The van der Waals surface area contributed by atoms with Gasteiger partial charge >= 0.3 is 12.1 Å². The van der Waals surface area contributed by atoms with Crippen molar-refractivity contribution in [1.29, 1.82) is 5.26 Å². The van der Waals surface area contributed by atoms with Crippen LogP contribution >= 0.6 is 0 Å². The van der Waals surface area contributed by atoms with Crippen LogP contribution in [0.4, 0.5) is 4.79 Å². The van der Waals surface area contributed by atoms with Gasteiger partial charge in [-0.3, -0.25) is 4.90 Å². The number of carbonyl (C=O) groups is 2. The van der Waals surface area contributed by atoms with E-state index in [0.29, 0.717) is 24.3 Å². The average molecular weight is 350 g/mol. The van der Waals surface area contributed by atoms with Gasteiger partial charge in [-0.1, -0.05) is 24.3 Å². The normalized spacial score (nSPS) is 16.0. The molecule has 1 fully saturated rings. The highest BCUT2D eigenvalue weighted by Gasteiger charge is 2.36. The van der Waals surface area contributed by atoms with Crippen LogP contribution in [0.1, 0.15) is 18.4 Å². The van der Waals surface area contributed by atoms with Crippen LogP contribution < -0.4 is 4.74 Å². The summed E-state index contributed by atoms with van der Waals surface area (Å²) in [6.07, 6.45) is 0.796. The van der Waals surface area contributed by atoms with Gasteiger partial charge in [-0.15, -0.1) is 0 Å². The number of rotatable bonds is 3. The van der Waals surface area contributed by atoms with Crippen molar-refractivity contribution in [3.05, 3.63) is 54.1 Å². The number of nitrogens with zero attached hydrogens (tertiary/aromatic N) is 2. The lowest BCUT2D eigenvalue weighted by Crippen LogP contribution is -2.42. The molecule has 0 saturated carbocycles. The summed E-state index contributed by atoms with van der Waals surface area (Å²) in [5, 5.41) is 8.85. The maximum absolute atomic E-state index is 12.4. The van der Waals surface area contributed by atoms with E-state index in [9.17, 15) is 9.59 Å². The fourth-order valence-electron chi connectivity index (χ4n) is 2.98. The van der Waals surface area contributed by atoms with Crippen molar-refractivity contribution in [1.82, 2.24) is 4.90 Å². The molecule has 1 aliphatic heterocycles. The Labute approximate surface area is 151 Å². The number of ether oxygens (including phenoxy) is 2. The molecule has 2 aromatic rings. The fraction of sp³-hybridized carbons (Fsp3) is 0.250. The monoisotopic (exact) mass is 350 g/mol. The van der Waals surface area contributed by atoms with Gasteiger partial charge in [0, 0.05) is 6.54 Å². The average Bonchev–Trinajstić information content (AvgIpc) is 3.18. The van der Waals surface area contributed by atoms with Gasteiger partial charge in [-0.2, -0.15) is 5.26 Å². The second kappa shape index (κ2) is 7.70. The minimum Gasteiger partial charge on any atom is -0.453 e. The molecule has 1 heterocycles. The predicted octanol–water partition coefficient (Wildman–Crippen LogP) is 3.36. The minimum absolute atomic E-state index is 0.420. The lowest BCUT2D eigenvalue weighted by molar-refractivity contribution is -0.138. The zero-order valence-electron chi connectivity index (χ0n) is 14.3. The number of hydrogen-bond acceptors (Lipinski definition) is 5. The molecule has 2 aromatic carbocycles. The van der Waals surface area contributed by atoms with Crippen LogP contribution in [0.25, 0.3) is 11.1 Å². The van der Waals surface area contributed by atoms with Crippen LogP contribution in [0.5, 0.6) is 5.75 Å². The Bertz CT molecular complexity index is 838. The van der Waals surface area contributed by atoms with E-state index in [0.717, 1.165) is 17.5 Å². The molecule has 0 bridgehead atoms. The van der Waals surface area contributed by atoms with E-state index in [1.807, 2.05) is 24.3 Å². The molecule has 0 aromatic heterocycles. The number of hydrogen-bond donors (Lipinski definition) is 0. The first-order valence-electron chi connectivity index (χ1n) is 8.29. The smallest absolute Gasteiger partial charge is 0.410 e. The lowest BCUT2D eigenvalue weighted by atomic mass is 10.0. The number of nitriles is 1. The van der Waals surface area contributed by atoms with Crippen molar-refractivity contribution in [3.8, 4) is 22.9 Å². The molecule has 6 heteroatoms. The third kappa shape index (κ3) is 3.67. The maximum Gasteiger partial charge on any atom is 0.410 e. The quantitative estimate of drug-likeness (QED) is 0.626. The van der Waals surface area contributed by atoms with E-state index in [-0.39, 0.29) is 0 Å². The van der Waals surface area contributed by atoms with E-state index in [1.165, 1.54) is 12.0 Å². The van der Waals surface area contributed by atoms with Crippen LogP contribution in [-0.2, 0) is 9.53 Å². The molecule has 0 N–H and O–H groups in total. The number of likely N-dealkylation sites (tertiary alicyclic amines) is 1. The highest BCUT2D eigenvalue weighted by molar-refractivity contribution is 5.83. The van der Waals surface area contributed by atoms with Gasteiger partial charge in [0.15, 0.2) is 0 Å². The zero-order valence-corrected chi connectivity index (χ0v) is 14.3. The molecule has 26 heavy (non-hydrogen) atoms. The summed E-state index contributed by atoms with van der Waals surface area (Å²) in [6.45, 7) is 0.490. The summed E-state index contributed by atoms with van der Waals surface area (Å²) in [7, 11) is 1.30. The molecule has 132 valence electrons. The Balaban J connectivity index is 1.68. The van der Waals surface area contributed by atoms with Gasteiger partial charge in [-0.25, -0.2) is 9.59 Å². The highest BCUT2D eigenvalue weighted by atomic mass is 16.6. The van der Waals surface area contributed by atoms with Crippen LogP contribution in [0, 0.1) is 11.3 Å². The Morgan fingerprint density at radius 1 is 1.08 bits per heavy atom. The molecule has 0 spiro atoms. The summed E-state index contributed by atoms with van der Waals surface area (Å²) in [4.78, 5) is 25.5. The lowest BCUT2D eigenvalue weighted by Gasteiger charge is -2.21. The summed E-state index contributed by atoms with van der Waals surface area (Å²) < 4.78 is 10.1. The molecule has 6 nitrogen and oxygen atoms in total. The number of carbonyl (C=O) groups excluding carboxylic acids is 2. The standard InChI is InChI=1S/C20H18N2O4/c1-25-20(24)22-12-2-3-18(22)19(23)26-17-10-8-16(9-11-17)15-6-4-14(13-21)5-7-15/h4-11,18H,2-3,12H2,1H3. The molecule has 0 radical (unpaired) electrons. The van der Waals surface area contributed by atoms with Crippen LogP contribution in [0.3, 0.4) is 0 Å². The van der Waals surface area contributed by atoms with E-state index >= 15 is 0 Å². The van der Waals surface area contributed by atoms with E-state index in [4.69, 9.17) is 14.7 Å². The van der Waals surface area contributed by atoms with E-state index in [2.05, 4.69) is 6.07 Å². The third-order valence-corrected chi connectivity index (χ3v) is 4.35. The number of esters is 1. The van der Waals surface area contributed by atoms with Crippen molar-refractivity contribution >= 4 is 12.1 Å². The molecular weight excluding hydrogens is 332 g/mol. The van der Waals surface area contributed by atoms with Crippen molar-refractivity contribution in [3.63, 3.8) is 0 Å². The molecular formula is C20H18N2O4. The van der Waals surface area contributed by atoms with Crippen LogP contribution in [-0.4, -0.2) is 36.7 Å². The minimum atomic E-state index is -0.611. The summed E-state index contributed by atoms with van der Waals surface area (Å²) in [5.41, 5.74) is 2.52. The van der Waals surface area contributed by atoms with Gasteiger partial charge < -0.3 is 9.47 Å². The number of benzene rings is 2. The number of methoxy groups -OCH3 is 1. The molecule has 1 atom stereocenters. The topological polar surface area (TPSA) is 79.6 Å². The Morgan fingerprint density at radius 3 is 2.27 bits per heavy atom. The first-order valence-corrected chi connectivity index (χ1v) is 8.29. The molecule has 1 aliphatic rings. The summed E-state index contributed by atoms with van der Waals surface area (Å²) in [6, 6.07) is 15.8. The van der Waals surface area contributed by atoms with Gasteiger partial charge in [0.2, 0.25) is 0 Å². The second-order valence-corrected chi connectivity index (χ2v) is 5.96. The molecule has 1 unspecified atom stereocenters. The van der Waals surface area contributed by atoms with Crippen molar-refractivity contribution in [2.24, 2.45) is 0 Å². The Morgan fingerprint density at radius 2 is 1.69 bits per heavy atom. The van der Waals surface area contributed by atoms with E-state index in [1.54, 1.807) is 24.3 Å². The van der Waals surface area contributed by atoms with Crippen LogP contribution in [0.2, 0.25) is 0 Å². The van der Waals surface area contributed by atoms with Gasteiger partial charge in [-0.05, 0) is 48.2 Å². The molecule has 1 saturated heterocycles. The molecule has 3 rings (SSSR count). The fourth-order valence-corrected chi connectivity index (χ4v) is 2.98. The van der Waals surface area contributed by atoms with Gasteiger partial charge in [0.25, 0.3) is 0 Å². The molecule has 1 amide bonds. The largest absolute Gasteiger partial charge is 0.453 e. The second-order valence-electron chi connectivity index (χ2n) is 5.96. The predicted molar refractivity (Wildman–Crippen MR) is 94.4 cm³/mol. The third-order valence-electron chi connectivity index (χ3n) is 4.35. The first kappa shape index (κ1) is 17.5. The summed E-state index contributed by atoms with van der Waals surface area (Å²) in [5.74, 6) is -0.0388. The van der Waals surface area contributed by atoms with Crippen LogP contribution in [0.15, 0.2) is 48.5 Å². The first-order chi connectivity index (χ1) is 12.6. The highest BCUT2D eigenvalue weighted by Crippen LogP contribution is 2.25. The van der Waals surface area contributed by atoms with E-state index < -0.39 is 18.1 Å². The van der Waals surface area contributed by atoms with Crippen molar-refractivity contribution in [2.45, 2.75) is 18.9 Å². The summed E-state index contributed by atoms with van der Waals surface area (Å²) >= 11 is 0. The zero-order chi connectivity index (χ0) is 18.5. The maximum atomic E-state index is 12.4. The Hall–Kier alpha value is -3.33. The SMILES string of the molecule is COC(=O)N1CCCC1C(=O)Oc1ccc(-c2ccc(C#N)cc2)cc1. The Kier molecular flexibility index (Phi) is 5.18.